The lowest BCUT2D eigenvalue weighted by atomic mass is 10.1. The molecule has 5 heteroatoms. The highest BCUT2D eigenvalue weighted by Crippen LogP contribution is 2.17. The summed E-state index contributed by atoms with van der Waals surface area (Å²) in [4.78, 5) is 24.8. The van der Waals surface area contributed by atoms with Crippen molar-refractivity contribution in [2.75, 3.05) is 20.1 Å². The summed E-state index contributed by atoms with van der Waals surface area (Å²) in [6, 6.07) is 7.06. The molecular formula is C14H18N2O3. The predicted molar refractivity (Wildman–Crippen MR) is 70.6 cm³/mol. The van der Waals surface area contributed by atoms with Gasteiger partial charge in [0.1, 0.15) is 5.75 Å². The van der Waals surface area contributed by atoms with E-state index >= 15 is 0 Å². The van der Waals surface area contributed by atoms with Crippen molar-refractivity contribution in [3.05, 3.63) is 29.8 Å². The molecule has 102 valence electrons. The van der Waals surface area contributed by atoms with Crippen LogP contribution >= 0.6 is 0 Å². The molecule has 1 aromatic rings. The molecule has 0 saturated carbocycles. The van der Waals surface area contributed by atoms with Crippen LogP contribution in [0.1, 0.15) is 12.0 Å². The second-order valence-corrected chi connectivity index (χ2v) is 4.85. The summed E-state index contributed by atoms with van der Waals surface area (Å²) in [6.07, 6.45) is 0.869. The Kier molecular flexibility index (Phi) is 4.04. The molecule has 1 saturated heterocycles. The molecule has 2 rings (SSSR count). The molecule has 1 aliphatic rings. The van der Waals surface area contributed by atoms with Crippen LogP contribution in [0, 0.1) is 5.92 Å². The number of likely N-dealkylation sites (tertiary alicyclic amines) is 1. The van der Waals surface area contributed by atoms with E-state index in [9.17, 15) is 14.7 Å². The van der Waals surface area contributed by atoms with E-state index in [1.807, 2.05) is 12.1 Å². The molecule has 1 aromatic carbocycles. The fourth-order valence-electron chi connectivity index (χ4n) is 2.23. The zero-order valence-electron chi connectivity index (χ0n) is 10.9. The number of carbonyl (C=O) groups excluding carboxylic acids is 2. The van der Waals surface area contributed by atoms with Crippen LogP contribution in [0.25, 0.3) is 0 Å². The molecule has 1 unspecified atom stereocenters. The van der Waals surface area contributed by atoms with Gasteiger partial charge in [-0.1, -0.05) is 18.2 Å². The Balaban J connectivity index is 1.79. The minimum Gasteiger partial charge on any atom is -0.508 e. The number of phenolic OH excluding ortho intramolecular Hbond substituents is 1. The third kappa shape index (κ3) is 3.24. The summed E-state index contributed by atoms with van der Waals surface area (Å²) in [5.41, 5.74) is 0.808. The Hall–Kier alpha value is -2.04. The Morgan fingerprint density at radius 3 is 2.84 bits per heavy atom. The molecule has 1 atom stereocenters. The zero-order valence-corrected chi connectivity index (χ0v) is 10.9. The maximum absolute atomic E-state index is 11.9. The minimum absolute atomic E-state index is 0.0147. The number of carbonyl (C=O) groups is 2. The average molecular weight is 262 g/mol. The highest BCUT2D eigenvalue weighted by atomic mass is 16.3. The molecule has 19 heavy (non-hydrogen) atoms. The summed E-state index contributed by atoms with van der Waals surface area (Å²) in [5.74, 6) is -0.0802. The van der Waals surface area contributed by atoms with Gasteiger partial charge in [-0.15, -0.1) is 0 Å². The number of nitrogens with zero attached hydrogens (tertiary/aromatic N) is 1. The monoisotopic (exact) mass is 262 g/mol. The summed E-state index contributed by atoms with van der Waals surface area (Å²) in [5, 5.41) is 12.4. The number of aromatic hydroxyl groups is 1. The highest BCUT2D eigenvalue weighted by Gasteiger charge is 2.31. The van der Waals surface area contributed by atoms with Gasteiger partial charge < -0.3 is 15.3 Å². The van der Waals surface area contributed by atoms with Crippen molar-refractivity contribution < 1.29 is 14.7 Å². The van der Waals surface area contributed by atoms with Gasteiger partial charge in [0, 0.05) is 26.6 Å². The van der Waals surface area contributed by atoms with Gasteiger partial charge in [0.2, 0.25) is 11.8 Å². The van der Waals surface area contributed by atoms with Gasteiger partial charge in [-0.25, -0.2) is 0 Å². The number of rotatable bonds is 4. The smallest absolute Gasteiger partial charge is 0.225 e. The Labute approximate surface area is 112 Å². The van der Waals surface area contributed by atoms with Gasteiger partial charge in [0.25, 0.3) is 0 Å². The third-order valence-corrected chi connectivity index (χ3v) is 3.40. The van der Waals surface area contributed by atoms with E-state index in [0.717, 1.165) is 5.56 Å². The van der Waals surface area contributed by atoms with Crippen molar-refractivity contribution >= 4 is 11.8 Å². The quantitative estimate of drug-likeness (QED) is 0.831. The first-order chi connectivity index (χ1) is 9.08. The van der Waals surface area contributed by atoms with Crippen LogP contribution in [0.15, 0.2) is 24.3 Å². The lowest BCUT2D eigenvalue weighted by Gasteiger charge is -2.11. The van der Waals surface area contributed by atoms with E-state index < -0.39 is 0 Å². The normalized spacial score (nSPS) is 18.7. The first-order valence-corrected chi connectivity index (χ1v) is 6.36. The van der Waals surface area contributed by atoms with Crippen molar-refractivity contribution in [3.63, 3.8) is 0 Å². The number of amides is 2. The number of benzene rings is 1. The van der Waals surface area contributed by atoms with Crippen molar-refractivity contribution in [3.8, 4) is 5.75 Å². The van der Waals surface area contributed by atoms with Gasteiger partial charge in [-0.05, 0) is 18.1 Å². The number of hydrogen-bond acceptors (Lipinski definition) is 3. The fourth-order valence-corrected chi connectivity index (χ4v) is 2.23. The third-order valence-electron chi connectivity index (χ3n) is 3.40. The molecule has 1 fully saturated rings. The predicted octanol–water partition coefficient (Wildman–Crippen LogP) is 0.529. The summed E-state index contributed by atoms with van der Waals surface area (Å²) < 4.78 is 0. The topological polar surface area (TPSA) is 69.6 Å². The molecule has 1 heterocycles. The van der Waals surface area contributed by atoms with Gasteiger partial charge in [-0.3, -0.25) is 9.59 Å². The zero-order chi connectivity index (χ0) is 13.8. The van der Waals surface area contributed by atoms with Crippen molar-refractivity contribution in [2.45, 2.75) is 12.8 Å². The van der Waals surface area contributed by atoms with Gasteiger partial charge in [0.15, 0.2) is 0 Å². The largest absolute Gasteiger partial charge is 0.508 e. The van der Waals surface area contributed by atoms with Crippen molar-refractivity contribution in [1.29, 1.82) is 0 Å². The number of para-hydroxylation sites is 1. The number of hydrogen-bond donors (Lipinski definition) is 2. The van der Waals surface area contributed by atoms with E-state index in [2.05, 4.69) is 5.32 Å². The van der Waals surface area contributed by atoms with Gasteiger partial charge in [-0.2, -0.15) is 0 Å². The van der Waals surface area contributed by atoms with E-state index in [1.54, 1.807) is 24.1 Å². The molecule has 1 aliphatic heterocycles. The summed E-state index contributed by atoms with van der Waals surface area (Å²) >= 11 is 0. The molecule has 2 amide bonds. The Morgan fingerprint density at radius 2 is 2.21 bits per heavy atom. The lowest BCUT2D eigenvalue weighted by Crippen LogP contribution is -2.33. The molecule has 0 radical (unpaired) electrons. The molecular weight excluding hydrogens is 244 g/mol. The number of phenols is 1. The molecule has 0 bridgehead atoms. The molecule has 0 aromatic heterocycles. The van der Waals surface area contributed by atoms with Crippen molar-refractivity contribution in [1.82, 2.24) is 10.2 Å². The van der Waals surface area contributed by atoms with E-state index in [0.29, 0.717) is 25.9 Å². The van der Waals surface area contributed by atoms with Crippen LogP contribution in [0.3, 0.4) is 0 Å². The second kappa shape index (κ2) is 5.73. The lowest BCUT2D eigenvalue weighted by molar-refractivity contribution is -0.128. The second-order valence-electron chi connectivity index (χ2n) is 4.85. The van der Waals surface area contributed by atoms with Crippen LogP contribution < -0.4 is 5.32 Å². The maximum Gasteiger partial charge on any atom is 0.225 e. The van der Waals surface area contributed by atoms with Gasteiger partial charge >= 0.3 is 0 Å². The van der Waals surface area contributed by atoms with E-state index in [4.69, 9.17) is 0 Å². The fraction of sp³-hybridized carbons (Fsp3) is 0.429. The molecule has 2 N–H and O–H groups in total. The summed E-state index contributed by atoms with van der Waals surface area (Å²) in [7, 11) is 1.71. The Bertz CT molecular complexity index is 487. The number of nitrogens with one attached hydrogen (secondary N) is 1. The minimum atomic E-state index is -0.248. The summed E-state index contributed by atoms with van der Waals surface area (Å²) in [6.45, 7) is 0.950. The van der Waals surface area contributed by atoms with Crippen molar-refractivity contribution in [2.24, 2.45) is 5.92 Å². The van der Waals surface area contributed by atoms with Crippen LogP contribution in [0.5, 0.6) is 5.75 Å². The van der Waals surface area contributed by atoms with Crippen LogP contribution in [-0.4, -0.2) is 42.0 Å². The molecule has 5 nitrogen and oxygen atoms in total. The van der Waals surface area contributed by atoms with Crippen LogP contribution in [0.4, 0.5) is 0 Å². The van der Waals surface area contributed by atoms with E-state index in [1.165, 1.54) is 0 Å². The maximum atomic E-state index is 11.9. The first-order valence-electron chi connectivity index (χ1n) is 6.36. The van der Waals surface area contributed by atoms with Gasteiger partial charge in [0.05, 0.1) is 5.92 Å². The van der Waals surface area contributed by atoms with Crippen LogP contribution in [-0.2, 0) is 16.0 Å². The standard InChI is InChI=1S/C14H18N2O3/c1-16-9-11(8-13(16)18)14(19)15-7-6-10-4-2-3-5-12(10)17/h2-5,11,17H,6-9H2,1H3,(H,15,19). The first kappa shape index (κ1) is 13.4. The van der Waals surface area contributed by atoms with Crippen LogP contribution in [0.2, 0.25) is 0 Å². The molecule has 0 spiro atoms. The highest BCUT2D eigenvalue weighted by molar-refractivity contribution is 5.89. The molecule has 0 aliphatic carbocycles. The average Bonchev–Trinajstić information content (AvgIpc) is 2.72. The van der Waals surface area contributed by atoms with E-state index in [-0.39, 0.29) is 23.5 Å². The Morgan fingerprint density at radius 1 is 1.47 bits per heavy atom. The SMILES string of the molecule is CN1CC(C(=O)NCCc2ccccc2O)CC1=O.